The van der Waals surface area contributed by atoms with Gasteiger partial charge in [0, 0.05) is 37.6 Å². The van der Waals surface area contributed by atoms with Crippen LogP contribution in [-0.4, -0.2) is 41.2 Å². The predicted octanol–water partition coefficient (Wildman–Crippen LogP) is 4.67. The van der Waals surface area contributed by atoms with Gasteiger partial charge in [-0.2, -0.15) is 4.31 Å². The molecular weight excluding hydrogens is 529 g/mol. The Bertz CT molecular complexity index is 1580. The highest BCUT2D eigenvalue weighted by molar-refractivity contribution is 7.89. The molecule has 1 amide bonds. The molecule has 206 valence electrons. The average Bonchev–Trinajstić information content (AvgIpc) is 3.47. The number of hydrogen-bond donors (Lipinski definition) is 2. The molecule has 0 spiro atoms. The van der Waals surface area contributed by atoms with E-state index in [9.17, 15) is 17.6 Å². The number of aryl methyl sites for hydroxylation is 1. The maximum atomic E-state index is 13.4. The largest absolute Gasteiger partial charge is 0.366 e. The minimum absolute atomic E-state index is 0.0320. The van der Waals surface area contributed by atoms with E-state index in [1.54, 1.807) is 12.4 Å². The molecule has 0 bridgehead atoms. The number of carbonyl (C=O) groups excluding carboxylic acids is 1. The normalized spacial score (nSPS) is 15.6. The van der Waals surface area contributed by atoms with Crippen molar-refractivity contribution >= 4 is 21.7 Å². The Morgan fingerprint density at radius 1 is 0.975 bits per heavy atom. The van der Waals surface area contributed by atoms with E-state index in [0.717, 1.165) is 40.1 Å². The molecule has 8 nitrogen and oxygen atoms in total. The molecule has 1 aliphatic heterocycles. The number of anilines is 1. The minimum atomic E-state index is -3.94. The number of carbonyl (C=O) groups is 1. The average molecular weight is 560 g/mol. The summed E-state index contributed by atoms with van der Waals surface area (Å²) in [5.41, 5.74) is 4.71. The third kappa shape index (κ3) is 6.35. The zero-order valence-corrected chi connectivity index (χ0v) is 22.9. The molecule has 0 unspecified atom stereocenters. The maximum absolute atomic E-state index is 13.4. The van der Waals surface area contributed by atoms with Gasteiger partial charge < -0.3 is 10.6 Å². The summed E-state index contributed by atoms with van der Waals surface area (Å²) < 4.78 is 41.0. The summed E-state index contributed by atoms with van der Waals surface area (Å²) in [5, 5.41) is 6.27. The Labute approximate surface area is 233 Å². The SMILES string of the molecule is Cc1ccc(-c2cc(CNC(=O)[C@@H]3CCCN3S(=O)(=O)c3ccc(F)cc3)cc(NCc3ccncc3)n2)cc1. The molecule has 1 aliphatic rings. The number of sulfonamides is 1. The molecule has 1 saturated heterocycles. The summed E-state index contributed by atoms with van der Waals surface area (Å²) in [6.07, 6.45) is 4.44. The molecule has 4 aromatic rings. The summed E-state index contributed by atoms with van der Waals surface area (Å²) in [5.74, 6) is -0.240. The van der Waals surface area contributed by atoms with Crippen molar-refractivity contribution in [1.82, 2.24) is 19.6 Å². The molecule has 1 fully saturated rings. The van der Waals surface area contributed by atoms with Gasteiger partial charge in [-0.05, 0) is 79.4 Å². The molecular formula is C30H30FN5O3S. The van der Waals surface area contributed by atoms with Crippen LogP contribution >= 0.6 is 0 Å². The number of halogens is 1. The second kappa shape index (κ2) is 11.9. The third-order valence-electron chi connectivity index (χ3n) is 6.85. The fraction of sp³-hybridized carbons (Fsp3) is 0.233. The Balaban J connectivity index is 1.33. The first kappa shape index (κ1) is 27.4. The van der Waals surface area contributed by atoms with Crippen LogP contribution in [0.15, 0.2) is 90.1 Å². The van der Waals surface area contributed by atoms with Gasteiger partial charge in [-0.1, -0.05) is 29.8 Å². The van der Waals surface area contributed by atoms with E-state index in [4.69, 9.17) is 4.98 Å². The topological polar surface area (TPSA) is 104 Å². The van der Waals surface area contributed by atoms with E-state index in [1.807, 2.05) is 55.5 Å². The second-order valence-electron chi connectivity index (χ2n) is 9.77. The van der Waals surface area contributed by atoms with Crippen molar-refractivity contribution in [2.45, 2.75) is 43.8 Å². The summed E-state index contributed by atoms with van der Waals surface area (Å²) in [7, 11) is -3.94. The molecule has 2 aromatic carbocycles. The maximum Gasteiger partial charge on any atom is 0.243 e. The van der Waals surface area contributed by atoms with Crippen LogP contribution in [0.25, 0.3) is 11.3 Å². The van der Waals surface area contributed by atoms with Crippen LogP contribution < -0.4 is 10.6 Å². The smallest absolute Gasteiger partial charge is 0.243 e. The van der Waals surface area contributed by atoms with Gasteiger partial charge in [-0.15, -0.1) is 0 Å². The molecule has 10 heteroatoms. The van der Waals surface area contributed by atoms with Crippen molar-refractivity contribution < 1.29 is 17.6 Å². The standard InChI is InChI=1S/C30H30FN5O3S/c1-21-4-6-24(7-5-21)27-17-23(18-29(35-27)33-19-22-12-14-32-15-13-22)20-34-30(37)28-3-2-16-36(28)40(38,39)26-10-8-25(31)9-11-26/h4-15,17-18,28H,2-3,16,19-20H2,1H3,(H,33,35)(H,34,37)/t28-/m0/s1. The first-order valence-electron chi connectivity index (χ1n) is 13.1. The van der Waals surface area contributed by atoms with Crippen LogP contribution in [0.4, 0.5) is 10.2 Å². The molecule has 1 atom stereocenters. The van der Waals surface area contributed by atoms with Crippen LogP contribution in [0.3, 0.4) is 0 Å². The molecule has 2 N–H and O–H groups in total. The Kier molecular flexibility index (Phi) is 8.18. The summed E-state index contributed by atoms with van der Waals surface area (Å²) in [6, 6.07) is 19.5. The van der Waals surface area contributed by atoms with Crippen molar-refractivity contribution in [3.63, 3.8) is 0 Å². The van der Waals surface area contributed by atoms with E-state index in [1.165, 1.54) is 16.4 Å². The fourth-order valence-electron chi connectivity index (χ4n) is 4.68. The highest BCUT2D eigenvalue weighted by atomic mass is 32.2. The Morgan fingerprint density at radius 2 is 1.70 bits per heavy atom. The number of hydrogen-bond acceptors (Lipinski definition) is 6. The number of nitrogens with zero attached hydrogens (tertiary/aromatic N) is 3. The van der Waals surface area contributed by atoms with E-state index in [-0.39, 0.29) is 23.9 Å². The van der Waals surface area contributed by atoms with E-state index < -0.39 is 21.9 Å². The van der Waals surface area contributed by atoms with Crippen LogP contribution in [0, 0.1) is 12.7 Å². The Morgan fingerprint density at radius 3 is 2.42 bits per heavy atom. The number of rotatable bonds is 9. The van der Waals surface area contributed by atoms with Crippen LogP contribution in [0.2, 0.25) is 0 Å². The second-order valence-corrected chi connectivity index (χ2v) is 11.7. The molecule has 0 radical (unpaired) electrons. The molecule has 0 saturated carbocycles. The monoisotopic (exact) mass is 559 g/mol. The molecule has 5 rings (SSSR count). The van der Waals surface area contributed by atoms with Gasteiger partial charge in [0.2, 0.25) is 15.9 Å². The number of aromatic nitrogens is 2. The molecule has 40 heavy (non-hydrogen) atoms. The fourth-order valence-corrected chi connectivity index (χ4v) is 6.34. The number of pyridine rings is 2. The molecule has 2 aromatic heterocycles. The van der Waals surface area contributed by atoms with Gasteiger partial charge in [-0.3, -0.25) is 9.78 Å². The summed E-state index contributed by atoms with van der Waals surface area (Å²) in [4.78, 5) is 22.0. The minimum Gasteiger partial charge on any atom is -0.366 e. The van der Waals surface area contributed by atoms with Gasteiger partial charge in [0.1, 0.15) is 17.7 Å². The highest BCUT2D eigenvalue weighted by Crippen LogP contribution is 2.27. The number of nitrogens with one attached hydrogen (secondary N) is 2. The van der Waals surface area contributed by atoms with Crippen LogP contribution in [0.5, 0.6) is 0 Å². The zero-order chi connectivity index (χ0) is 28.1. The lowest BCUT2D eigenvalue weighted by Crippen LogP contribution is -2.45. The van der Waals surface area contributed by atoms with Crippen molar-refractivity contribution in [3.05, 3.63) is 108 Å². The van der Waals surface area contributed by atoms with Crippen molar-refractivity contribution in [1.29, 1.82) is 0 Å². The number of benzene rings is 2. The number of amides is 1. The van der Waals surface area contributed by atoms with E-state index in [2.05, 4.69) is 15.6 Å². The zero-order valence-electron chi connectivity index (χ0n) is 22.0. The van der Waals surface area contributed by atoms with Crippen LogP contribution in [-0.2, 0) is 27.9 Å². The lowest BCUT2D eigenvalue weighted by molar-refractivity contribution is -0.124. The molecule has 0 aliphatic carbocycles. The molecule has 3 heterocycles. The quantitative estimate of drug-likeness (QED) is 0.309. The first-order valence-corrected chi connectivity index (χ1v) is 14.5. The summed E-state index contributed by atoms with van der Waals surface area (Å²) >= 11 is 0. The third-order valence-corrected chi connectivity index (χ3v) is 8.77. The Hall–Kier alpha value is -4.15. The van der Waals surface area contributed by atoms with Gasteiger partial charge in [0.05, 0.1) is 10.6 Å². The summed E-state index contributed by atoms with van der Waals surface area (Å²) in [6.45, 7) is 3.00. The van der Waals surface area contributed by atoms with Gasteiger partial charge >= 0.3 is 0 Å². The van der Waals surface area contributed by atoms with Crippen molar-refractivity contribution in [2.75, 3.05) is 11.9 Å². The lowest BCUT2D eigenvalue weighted by atomic mass is 10.1. The van der Waals surface area contributed by atoms with E-state index in [0.29, 0.717) is 25.2 Å². The predicted molar refractivity (Wildman–Crippen MR) is 151 cm³/mol. The van der Waals surface area contributed by atoms with Crippen molar-refractivity contribution in [2.24, 2.45) is 0 Å². The van der Waals surface area contributed by atoms with Crippen molar-refractivity contribution in [3.8, 4) is 11.3 Å². The van der Waals surface area contributed by atoms with Gasteiger partial charge in [0.15, 0.2) is 0 Å². The first-order chi connectivity index (χ1) is 19.3. The lowest BCUT2D eigenvalue weighted by Gasteiger charge is -2.23. The highest BCUT2D eigenvalue weighted by Gasteiger charge is 2.39. The van der Waals surface area contributed by atoms with E-state index >= 15 is 0 Å². The van der Waals surface area contributed by atoms with Gasteiger partial charge in [0.25, 0.3) is 0 Å². The van der Waals surface area contributed by atoms with Gasteiger partial charge in [-0.25, -0.2) is 17.8 Å². The van der Waals surface area contributed by atoms with Crippen LogP contribution in [0.1, 0.15) is 29.5 Å².